The van der Waals surface area contributed by atoms with Crippen LogP contribution in [-0.2, 0) is 11.3 Å². The van der Waals surface area contributed by atoms with Crippen molar-refractivity contribution in [2.45, 2.75) is 37.9 Å². The van der Waals surface area contributed by atoms with Crippen LogP contribution in [0.4, 0.5) is 15.9 Å². The number of fused-ring (bicyclic) bond motifs is 1. The first-order valence-electron chi connectivity index (χ1n) is 11.9. The van der Waals surface area contributed by atoms with Crippen molar-refractivity contribution in [3.05, 3.63) is 58.1 Å². The number of piperazine rings is 1. The van der Waals surface area contributed by atoms with E-state index in [9.17, 15) is 14.0 Å². The number of carbonyl (C=O) groups excluding carboxylic acids is 1. The molecule has 0 aromatic carbocycles. The Balaban J connectivity index is 1.05. The Kier molecular flexibility index (Phi) is 5.28. The average Bonchev–Trinajstić information content (AvgIpc) is 3.77. The average molecular weight is 463 g/mol. The van der Waals surface area contributed by atoms with Gasteiger partial charge in [-0.2, -0.15) is 0 Å². The minimum atomic E-state index is -1.01. The summed E-state index contributed by atoms with van der Waals surface area (Å²) < 4.78 is 13.0. The van der Waals surface area contributed by atoms with Crippen LogP contribution in [0, 0.1) is 5.92 Å². The summed E-state index contributed by atoms with van der Waals surface area (Å²) >= 11 is 0. The SMILES string of the molecule is O=C(Nc1ccc(N2CCN(Cc3cnc4cc(C5CC5)c(=O)[nH]c4c3)CC2)cn1)[C@@H]1C[C@H]1F. The van der Waals surface area contributed by atoms with E-state index in [-0.39, 0.29) is 11.5 Å². The quantitative estimate of drug-likeness (QED) is 0.585. The molecule has 3 aromatic rings. The number of carbonyl (C=O) groups is 1. The second kappa shape index (κ2) is 8.47. The number of halogens is 1. The topological polar surface area (TPSA) is 94.2 Å². The molecule has 2 saturated carbocycles. The Morgan fingerprint density at radius 2 is 1.91 bits per heavy atom. The molecule has 0 unspecified atom stereocenters. The second-order valence-corrected chi connectivity index (χ2v) is 9.62. The van der Waals surface area contributed by atoms with E-state index in [4.69, 9.17) is 0 Å². The van der Waals surface area contributed by atoms with Crippen LogP contribution >= 0.6 is 0 Å². The molecule has 3 fully saturated rings. The molecule has 3 aliphatic rings. The Morgan fingerprint density at radius 1 is 1.12 bits per heavy atom. The largest absolute Gasteiger partial charge is 0.368 e. The van der Waals surface area contributed by atoms with Crippen molar-refractivity contribution in [1.82, 2.24) is 19.9 Å². The number of pyridine rings is 3. The zero-order valence-corrected chi connectivity index (χ0v) is 18.8. The minimum Gasteiger partial charge on any atom is -0.368 e. The molecule has 1 amide bonds. The summed E-state index contributed by atoms with van der Waals surface area (Å²) in [6.07, 6.45) is 5.15. The lowest BCUT2D eigenvalue weighted by Crippen LogP contribution is -2.46. The number of aromatic amines is 1. The Bertz CT molecular complexity index is 1280. The number of anilines is 2. The summed E-state index contributed by atoms with van der Waals surface area (Å²) in [6.45, 7) is 4.30. The fraction of sp³-hybridized carbons (Fsp3) is 0.440. The predicted octanol–water partition coefficient (Wildman–Crippen LogP) is 2.81. The smallest absolute Gasteiger partial charge is 0.252 e. The molecule has 0 spiro atoms. The number of alkyl halides is 1. The molecule has 8 nitrogen and oxygen atoms in total. The highest BCUT2D eigenvalue weighted by Crippen LogP contribution is 2.38. The standard InChI is InChI=1S/C25H27FN6O2/c26-20-10-19(20)25(34)30-23-4-3-17(13-28-23)32-7-5-31(6-8-32)14-15-9-22-21(27-12-15)11-18(16-1-2-16)24(33)29-22/h3-4,9,11-13,16,19-20H,1-2,5-8,10,14H2,(H,29,33)(H,28,30,34)/t19-,20-/m1/s1. The summed E-state index contributed by atoms with van der Waals surface area (Å²) in [5.74, 6) is 0.0466. The molecule has 2 N–H and O–H groups in total. The van der Waals surface area contributed by atoms with Crippen molar-refractivity contribution in [2.24, 2.45) is 5.92 Å². The Morgan fingerprint density at radius 3 is 2.59 bits per heavy atom. The Labute approximate surface area is 196 Å². The number of H-pyrrole nitrogens is 1. The maximum absolute atomic E-state index is 13.0. The zero-order chi connectivity index (χ0) is 23.2. The van der Waals surface area contributed by atoms with E-state index >= 15 is 0 Å². The van der Waals surface area contributed by atoms with Crippen LogP contribution in [-0.4, -0.2) is 58.1 Å². The summed E-state index contributed by atoms with van der Waals surface area (Å²) in [4.78, 5) is 40.8. The molecule has 0 radical (unpaired) electrons. The summed E-state index contributed by atoms with van der Waals surface area (Å²) in [6, 6.07) is 7.70. The Hall–Kier alpha value is -3.33. The van der Waals surface area contributed by atoms with E-state index in [1.807, 2.05) is 24.4 Å². The van der Waals surface area contributed by atoms with Crippen LogP contribution in [0.25, 0.3) is 11.0 Å². The van der Waals surface area contributed by atoms with E-state index in [2.05, 4.69) is 30.1 Å². The van der Waals surface area contributed by atoms with Gasteiger partial charge in [0.15, 0.2) is 0 Å². The van der Waals surface area contributed by atoms with E-state index in [0.717, 1.165) is 73.4 Å². The number of hydrogen-bond acceptors (Lipinski definition) is 6. The maximum atomic E-state index is 13.0. The van der Waals surface area contributed by atoms with Crippen molar-refractivity contribution in [2.75, 3.05) is 36.4 Å². The lowest BCUT2D eigenvalue weighted by molar-refractivity contribution is -0.117. The number of aromatic nitrogens is 3. The third-order valence-electron chi connectivity index (χ3n) is 6.99. The van der Waals surface area contributed by atoms with Crippen LogP contribution in [0.3, 0.4) is 0 Å². The number of nitrogens with zero attached hydrogens (tertiary/aromatic N) is 4. The highest BCUT2D eigenvalue weighted by Gasteiger charge is 2.43. The predicted molar refractivity (Wildman–Crippen MR) is 128 cm³/mol. The first kappa shape index (κ1) is 21.2. The highest BCUT2D eigenvalue weighted by molar-refractivity contribution is 5.94. The molecule has 1 aliphatic heterocycles. The highest BCUT2D eigenvalue weighted by atomic mass is 19.1. The van der Waals surface area contributed by atoms with Gasteiger partial charge in [-0.3, -0.25) is 19.5 Å². The third-order valence-corrected chi connectivity index (χ3v) is 6.99. The fourth-order valence-corrected chi connectivity index (χ4v) is 4.65. The van der Waals surface area contributed by atoms with Crippen molar-refractivity contribution in [1.29, 1.82) is 0 Å². The monoisotopic (exact) mass is 462 g/mol. The summed E-state index contributed by atoms with van der Waals surface area (Å²) in [7, 11) is 0. The molecule has 0 bridgehead atoms. The molecule has 9 heteroatoms. The van der Waals surface area contributed by atoms with Gasteiger partial charge in [-0.05, 0) is 55.0 Å². The lowest BCUT2D eigenvalue weighted by atomic mass is 10.1. The molecule has 2 aliphatic carbocycles. The first-order chi connectivity index (χ1) is 16.5. The van der Waals surface area contributed by atoms with Gasteiger partial charge in [0.25, 0.3) is 5.56 Å². The molecular formula is C25H27FN6O2. The number of hydrogen-bond donors (Lipinski definition) is 2. The lowest BCUT2D eigenvalue weighted by Gasteiger charge is -2.36. The molecule has 3 aromatic heterocycles. The fourth-order valence-electron chi connectivity index (χ4n) is 4.65. The maximum Gasteiger partial charge on any atom is 0.252 e. The molecule has 1 saturated heterocycles. The normalized spacial score (nSPS) is 22.7. The third kappa shape index (κ3) is 4.40. The van der Waals surface area contributed by atoms with E-state index in [1.165, 1.54) is 0 Å². The van der Waals surface area contributed by atoms with Gasteiger partial charge in [0.05, 0.1) is 28.8 Å². The van der Waals surface area contributed by atoms with Gasteiger partial charge in [-0.25, -0.2) is 9.37 Å². The van der Waals surface area contributed by atoms with Crippen LogP contribution in [0.1, 0.15) is 36.3 Å². The minimum absolute atomic E-state index is 0.0147. The van der Waals surface area contributed by atoms with E-state index in [0.29, 0.717) is 18.2 Å². The zero-order valence-electron chi connectivity index (χ0n) is 18.8. The molecule has 2 atom stereocenters. The van der Waals surface area contributed by atoms with Crippen molar-refractivity contribution in [3.8, 4) is 0 Å². The first-order valence-corrected chi connectivity index (χ1v) is 11.9. The summed E-state index contributed by atoms with van der Waals surface area (Å²) in [5, 5.41) is 2.68. The summed E-state index contributed by atoms with van der Waals surface area (Å²) in [5.41, 5.74) is 4.62. The van der Waals surface area contributed by atoms with Crippen LogP contribution in [0.2, 0.25) is 0 Å². The van der Waals surface area contributed by atoms with Gasteiger partial charge in [-0.15, -0.1) is 0 Å². The number of rotatable bonds is 6. The van der Waals surface area contributed by atoms with Crippen LogP contribution in [0.5, 0.6) is 0 Å². The second-order valence-electron chi connectivity index (χ2n) is 9.62. The molecular weight excluding hydrogens is 435 g/mol. The van der Waals surface area contributed by atoms with Gasteiger partial charge >= 0.3 is 0 Å². The van der Waals surface area contributed by atoms with E-state index < -0.39 is 12.1 Å². The van der Waals surface area contributed by atoms with Gasteiger partial charge < -0.3 is 15.2 Å². The van der Waals surface area contributed by atoms with Gasteiger partial charge in [0.2, 0.25) is 5.91 Å². The van der Waals surface area contributed by atoms with Gasteiger partial charge in [0, 0.05) is 44.5 Å². The molecule has 34 heavy (non-hydrogen) atoms. The van der Waals surface area contributed by atoms with Gasteiger partial charge in [0.1, 0.15) is 12.0 Å². The van der Waals surface area contributed by atoms with Crippen molar-refractivity contribution >= 4 is 28.4 Å². The van der Waals surface area contributed by atoms with Crippen molar-refractivity contribution < 1.29 is 9.18 Å². The van der Waals surface area contributed by atoms with Crippen molar-refractivity contribution in [3.63, 3.8) is 0 Å². The van der Waals surface area contributed by atoms with E-state index in [1.54, 1.807) is 12.3 Å². The van der Waals surface area contributed by atoms with Crippen LogP contribution < -0.4 is 15.8 Å². The molecule has 4 heterocycles. The van der Waals surface area contributed by atoms with Crippen LogP contribution in [0.15, 0.2) is 41.5 Å². The van der Waals surface area contributed by atoms with Gasteiger partial charge in [-0.1, -0.05) is 0 Å². The molecule has 176 valence electrons. The molecule has 6 rings (SSSR count). The number of nitrogens with one attached hydrogen (secondary N) is 2. The number of amides is 1.